The number of nitrogens with two attached hydrogens (primary N) is 1. The lowest BCUT2D eigenvalue weighted by Crippen LogP contribution is -2.71. The Morgan fingerprint density at radius 3 is 2.94 bits per heavy atom. The first kappa shape index (κ1) is 25.3. The minimum atomic E-state index is -1.46. The van der Waals surface area contributed by atoms with Crippen LogP contribution in [0.3, 0.4) is 0 Å². The molecule has 188 valence electrons. The van der Waals surface area contributed by atoms with Crippen LogP contribution in [0.2, 0.25) is 0 Å². The SMILES string of the molecule is CO/N=C(\C(=O)NC1C(=O)N2C(C(=O)[O-])=C(C[n+]3ccn4ncccc43)CSC12)c1nsc(N)n1.Cl. The molecule has 17 heteroatoms. The van der Waals surface area contributed by atoms with Gasteiger partial charge in [0, 0.05) is 28.9 Å². The molecular weight excluding hydrogens is 534 g/mol. The average molecular weight is 552 g/mol. The van der Waals surface area contributed by atoms with Crippen molar-refractivity contribution in [3.63, 3.8) is 0 Å². The van der Waals surface area contributed by atoms with E-state index in [1.165, 1.54) is 18.9 Å². The van der Waals surface area contributed by atoms with Gasteiger partial charge in [0.15, 0.2) is 11.3 Å². The molecule has 1 fully saturated rings. The maximum atomic E-state index is 13.0. The highest BCUT2D eigenvalue weighted by Crippen LogP contribution is 2.40. The van der Waals surface area contributed by atoms with Crippen LogP contribution in [0.1, 0.15) is 5.82 Å². The molecule has 0 aliphatic carbocycles. The Balaban J connectivity index is 0.00000304. The molecule has 2 amide bonds. The lowest BCUT2D eigenvalue weighted by atomic mass is 10.0. The number of carboxylic acids is 1. The van der Waals surface area contributed by atoms with Crippen LogP contribution in [-0.2, 0) is 25.8 Å². The molecule has 0 radical (unpaired) electrons. The summed E-state index contributed by atoms with van der Waals surface area (Å²) in [6, 6.07) is 2.64. The molecule has 36 heavy (non-hydrogen) atoms. The molecule has 1 saturated heterocycles. The Hall–Kier alpha value is -3.76. The first-order valence-corrected chi connectivity index (χ1v) is 11.9. The zero-order valence-corrected chi connectivity index (χ0v) is 20.9. The molecule has 2 unspecified atom stereocenters. The number of carbonyl (C=O) groups is 3. The zero-order chi connectivity index (χ0) is 24.7. The monoisotopic (exact) mass is 551 g/mol. The van der Waals surface area contributed by atoms with Gasteiger partial charge >= 0.3 is 5.65 Å². The molecule has 2 atom stereocenters. The highest BCUT2D eigenvalue weighted by Gasteiger charge is 2.53. The van der Waals surface area contributed by atoms with Crippen LogP contribution in [0.4, 0.5) is 5.13 Å². The molecular formula is C19H18ClN9O5S2. The van der Waals surface area contributed by atoms with Gasteiger partial charge in [0.25, 0.3) is 11.8 Å². The van der Waals surface area contributed by atoms with Gasteiger partial charge in [-0.15, -0.1) is 28.7 Å². The highest BCUT2D eigenvalue weighted by molar-refractivity contribution is 8.00. The molecule has 3 aromatic heterocycles. The van der Waals surface area contributed by atoms with Gasteiger partial charge < -0.3 is 25.8 Å². The number of imidazole rings is 1. The van der Waals surface area contributed by atoms with Gasteiger partial charge in [-0.1, -0.05) is 10.3 Å². The number of β-lactam (4-membered cyclic amide) rings is 1. The van der Waals surface area contributed by atoms with Crippen LogP contribution in [0.25, 0.3) is 5.65 Å². The molecule has 2 aliphatic heterocycles. The number of aromatic nitrogens is 5. The summed E-state index contributed by atoms with van der Waals surface area (Å²) >= 11 is 2.21. The number of hydrogen-bond acceptors (Lipinski definition) is 12. The summed E-state index contributed by atoms with van der Waals surface area (Å²) in [5.41, 5.74) is 6.39. The summed E-state index contributed by atoms with van der Waals surface area (Å²) < 4.78 is 7.43. The molecule has 14 nitrogen and oxygen atoms in total. The minimum absolute atomic E-state index is 0. The number of carboxylic acid groups (broad SMARTS) is 1. The lowest BCUT2D eigenvalue weighted by Gasteiger charge is -2.50. The first-order chi connectivity index (χ1) is 16.9. The second-order valence-electron chi connectivity index (χ2n) is 7.43. The van der Waals surface area contributed by atoms with E-state index in [1.807, 2.05) is 10.6 Å². The van der Waals surface area contributed by atoms with Crippen LogP contribution in [-0.4, -0.2) is 71.6 Å². The number of nitrogen functional groups attached to an aromatic ring is 1. The number of fused-ring (bicyclic) bond motifs is 2. The number of amides is 2. The van der Waals surface area contributed by atoms with E-state index in [0.29, 0.717) is 11.3 Å². The largest absolute Gasteiger partial charge is 0.543 e. The second-order valence-corrected chi connectivity index (χ2v) is 9.32. The average Bonchev–Trinajstić information content (AvgIpc) is 3.46. The van der Waals surface area contributed by atoms with E-state index in [0.717, 1.165) is 22.1 Å². The molecule has 3 aromatic rings. The van der Waals surface area contributed by atoms with Crippen molar-refractivity contribution in [2.24, 2.45) is 5.16 Å². The van der Waals surface area contributed by atoms with E-state index < -0.39 is 29.2 Å². The summed E-state index contributed by atoms with van der Waals surface area (Å²) in [6.07, 6.45) is 5.16. The van der Waals surface area contributed by atoms with Gasteiger partial charge in [-0.3, -0.25) is 14.5 Å². The normalized spacial score (nSPS) is 19.4. The van der Waals surface area contributed by atoms with Crippen LogP contribution >= 0.6 is 35.7 Å². The van der Waals surface area contributed by atoms with Crippen LogP contribution in [0.15, 0.2) is 47.1 Å². The third kappa shape index (κ3) is 4.33. The second kappa shape index (κ2) is 10.1. The maximum Gasteiger partial charge on any atom is 0.307 e. The number of hydrogen-bond donors (Lipinski definition) is 2. The predicted octanol–water partition coefficient (Wildman–Crippen LogP) is -2.07. The number of oxime groups is 1. The molecule has 5 rings (SSSR count). The number of halogens is 1. The minimum Gasteiger partial charge on any atom is -0.543 e. The van der Waals surface area contributed by atoms with Gasteiger partial charge in [-0.25, -0.2) is 4.57 Å². The predicted molar refractivity (Wildman–Crippen MR) is 128 cm³/mol. The number of carbonyl (C=O) groups excluding carboxylic acids is 3. The van der Waals surface area contributed by atoms with E-state index in [2.05, 4.69) is 24.9 Å². The van der Waals surface area contributed by atoms with E-state index in [-0.39, 0.29) is 41.3 Å². The molecule has 0 bridgehead atoms. The molecule has 0 saturated carbocycles. The number of thioether (sulfide) groups is 1. The molecule has 0 spiro atoms. The zero-order valence-electron chi connectivity index (χ0n) is 18.4. The van der Waals surface area contributed by atoms with Crippen LogP contribution in [0, 0.1) is 0 Å². The fourth-order valence-corrected chi connectivity index (χ4v) is 5.66. The number of anilines is 1. The van der Waals surface area contributed by atoms with Crippen molar-refractivity contribution in [2.45, 2.75) is 18.0 Å². The van der Waals surface area contributed by atoms with Gasteiger partial charge in [0.05, 0.1) is 17.9 Å². The van der Waals surface area contributed by atoms with Crippen molar-refractivity contribution in [2.75, 3.05) is 18.6 Å². The van der Waals surface area contributed by atoms with Crippen LogP contribution < -0.4 is 20.7 Å². The third-order valence-corrected chi connectivity index (χ3v) is 7.26. The summed E-state index contributed by atoms with van der Waals surface area (Å²) in [6.45, 7) is 0.230. The van der Waals surface area contributed by atoms with Crippen molar-refractivity contribution >= 4 is 70.0 Å². The standard InChI is InChI=1S/C19H17N9O5S2.ClH/c1-33-24-11(14-23-19(20)35-25-14)15(29)22-12-16(30)28-13(18(31)32)9(8-34-17(12)28)7-26-5-6-27-10(26)3-2-4-21-27;/h2-6,12,17H,7-8H2,1H3,(H3-,20,22,23,25,29,31,32);1H/b24-11-;. The smallest absolute Gasteiger partial charge is 0.307 e. The van der Waals surface area contributed by atoms with Gasteiger partial charge in [-0.2, -0.15) is 9.36 Å². The number of aliphatic carboxylic acids is 1. The quantitative estimate of drug-likeness (QED) is 0.143. The molecule has 5 heterocycles. The van der Waals surface area contributed by atoms with E-state index in [9.17, 15) is 19.5 Å². The Morgan fingerprint density at radius 2 is 2.25 bits per heavy atom. The summed E-state index contributed by atoms with van der Waals surface area (Å²) in [4.78, 5) is 47.6. The van der Waals surface area contributed by atoms with Gasteiger partial charge in [0.1, 0.15) is 31.3 Å². The third-order valence-electron chi connectivity index (χ3n) is 5.38. The van der Waals surface area contributed by atoms with E-state index >= 15 is 0 Å². The van der Waals surface area contributed by atoms with Gasteiger partial charge in [-0.05, 0) is 6.07 Å². The number of nitrogens with zero attached hydrogens (tertiary/aromatic N) is 7. The first-order valence-electron chi connectivity index (χ1n) is 10.1. The topological polar surface area (TPSA) is 184 Å². The number of rotatable bonds is 7. The van der Waals surface area contributed by atoms with E-state index in [1.54, 1.807) is 29.2 Å². The van der Waals surface area contributed by atoms with Crippen molar-refractivity contribution < 1.29 is 28.9 Å². The van der Waals surface area contributed by atoms with Crippen molar-refractivity contribution in [1.82, 2.24) is 29.2 Å². The summed E-state index contributed by atoms with van der Waals surface area (Å²) in [7, 11) is 1.25. The Morgan fingerprint density at radius 1 is 1.44 bits per heavy atom. The van der Waals surface area contributed by atoms with Crippen molar-refractivity contribution in [3.8, 4) is 0 Å². The fraction of sp³-hybridized carbons (Fsp3) is 0.263. The molecule has 3 N–H and O–H groups in total. The molecule has 2 aliphatic rings. The van der Waals surface area contributed by atoms with E-state index in [4.69, 9.17) is 10.6 Å². The summed E-state index contributed by atoms with van der Waals surface area (Å²) in [5, 5.41) is 22.0. The molecule has 0 aromatic carbocycles. The van der Waals surface area contributed by atoms with Crippen LogP contribution in [0.5, 0.6) is 0 Å². The highest BCUT2D eigenvalue weighted by atomic mass is 35.5. The Kier molecular flexibility index (Phi) is 7.09. The maximum absolute atomic E-state index is 13.0. The van der Waals surface area contributed by atoms with Crippen molar-refractivity contribution in [3.05, 3.63) is 47.8 Å². The lowest BCUT2D eigenvalue weighted by molar-refractivity contribution is -0.662. The van der Waals surface area contributed by atoms with Gasteiger partial charge in [0.2, 0.25) is 11.5 Å². The Bertz CT molecular complexity index is 1420. The fourth-order valence-electron chi connectivity index (χ4n) is 3.89. The Labute approximate surface area is 217 Å². The number of nitrogens with one attached hydrogen (secondary N) is 1. The van der Waals surface area contributed by atoms with Crippen molar-refractivity contribution in [1.29, 1.82) is 0 Å². The summed E-state index contributed by atoms with van der Waals surface area (Å²) in [5.74, 6) is -2.53.